The zero-order chi connectivity index (χ0) is 18.3. The van der Waals surface area contributed by atoms with Crippen molar-refractivity contribution >= 4 is 11.9 Å². The number of hydrogen-bond acceptors (Lipinski definition) is 3. The topological polar surface area (TPSA) is 60.0 Å². The number of amides is 1. The van der Waals surface area contributed by atoms with Crippen LogP contribution in [0.2, 0.25) is 0 Å². The van der Waals surface area contributed by atoms with Crippen LogP contribution in [0.4, 0.5) is 13.2 Å². The van der Waals surface area contributed by atoms with Crippen LogP contribution in [-0.4, -0.2) is 79.7 Å². The van der Waals surface area contributed by atoms with Crippen molar-refractivity contribution in [2.75, 3.05) is 45.8 Å². The molecular formula is C16H28F3N5O. The van der Waals surface area contributed by atoms with Crippen LogP contribution in [-0.2, 0) is 4.79 Å². The van der Waals surface area contributed by atoms with Gasteiger partial charge in [0.25, 0.3) is 0 Å². The molecule has 2 N–H and O–H groups in total. The lowest BCUT2D eigenvalue weighted by Crippen LogP contribution is -2.45. The molecule has 1 amide bonds. The third kappa shape index (κ3) is 7.09. The molecule has 2 aliphatic heterocycles. The average Bonchev–Trinajstić information content (AvgIpc) is 3.11. The van der Waals surface area contributed by atoms with Crippen LogP contribution in [0.5, 0.6) is 0 Å². The summed E-state index contributed by atoms with van der Waals surface area (Å²) in [4.78, 5) is 19.3. The van der Waals surface area contributed by atoms with Gasteiger partial charge in [-0.15, -0.1) is 0 Å². The Morgan fingerprint density at radius 2 is 2.16 bits per heavy atom. The second-order valence-electron chi connectivity index (χ2n) is 6.58. The Bertz CT molecular complexity index is 469. The summed E-state index contributed by atoms with van der Waals surface area (Å²) in [6.07, 6.45) is -1.12. The first kappa shape index (κ1) is 19.8. The molecule has 9 heteroatoms. The van der Waals surface area contributed by atoms with Crippen molar-refractivity contribution in [3.63, 3.8) is 0 Å². The number of guanidine groups is 1. The number of rotatable bonds is 7. The summed E-state index contributed by atoms with van der Waals surface area (Å²) in [5.74, 6) is 0.846. The molecule has 1 unspecified atom stereocenters. The van der Waals surface area contributed by atoms with Crippen LogP contribution >= 0.6 is 0 Å². The second kappa shape index (κ2) is 9.26. The summed E-state index contributed by atoms with van der Waals surface area (Å²) >= 11 is 0. The van der Waals surface area contributed by atoms with E-state index in [1.807, 2.05) is 11.8 Å². The van der Waals surface area contributed by atoms with E-state index in [-0.39, 0.29) is 11.9 Å². The van der Waals surface area contributed by atoms with Gasteiger partial charge in [0.15, 0.2) is 5.96 Å². The highest BCUT2D eigenvalue weighted by molar-refractivity contribution is 5.80. The highest BCUT2D eigenvalue weighted by Crippen LogP contribution is 2.19. The zero-order valence-corrected chi connectivity index (χ0v) is 14.7. The Balaban J connectivity index is 1.73. The van der Waals surface area contributed by atoms with Crippen molar-refractivity contribution in [2.45, 2.75) is 44.8 Å². The fourth-order valence-electron chi connectivity index (χ4n) is 3.25. The molecule has 25 heavy (non-hydrogen) atoms. The number of nitrogens with zero attached hydrogens (tertiary/aromatic N) is 3. The highest BCUT2D eigenvalue weighted by Gasteiger charge is 2.34. The SMILES string of the molecule is CCNC(=NCCCN1CCCC1=O)NC1CCN(CC(F)(F)F)C1. The molecule has 6 nitrogen and oxygen atoms in total. The highest BCUT2D eigenvalue weighted by atomic mass is 19.4. The van der Waals surface area contributed by atoms with Gasteiger partial charge in [-0.25, -0.2) is 0 Å². The van der Waals surface area contributed by atoms with Crippen molar-refractivity contribution in [3.05, 3.63) is 0 Å². The molecule has 2 rings (SSSR count). The number of hydrogen-bond donors (Lipinski definition) is 2. The largest absolute Gasteiger partial charge is 0.401 e. The quantitative estimate of drug-likeness (QED) is 0.405. The Kier molecular flexibility index (Phi) is 7.34. The minimum atomic E-state index is -4.15. The lowest BCUT2D eigenvalue weighted by Gasteiger charge is -2.20. The van der Waals surface area contributed by atoms with Gasteiger partial charge >= 0.3 is 6.18 Å². The van der Waals surface area contributed by atoms with Crippen LogP contribution in [0, 0.1) is 0 Å². The summed E-state index contributed by atoms with van der Waals surface area (Å²) in [6, 6.07) is -0.0275. The van der Waals surface area contributed by atoms with Gasteiger partial charge < -0.3 is 15.5 Å². The van der Waals surface area contributed by atoms with Gasteiger partial charge in [0.2, 0.25) is 5.91 Å². The molecule has 2 fully saturated rings. The maximum absolute atomic E-state index is 12.5. The molecule has 2 heterocycles. The normalized spacial score (nSPS) is 22.7. The minimum absolute atomic E-state index is 0.0275. The van der Waals surface area contributed by atoms with Gasteiger partial charge in [0.1, 0.15) is 0 Å². The first-order chi connectivity index (χ1) is 11.9. The standard InChI is InChI=1S/C16H28F3N5O/c1-2-20-15(21-7-4-9-24-8-3-5-14(24)25)22-13-6-10-23(11-13)12-16(17,18)19/h13H,2-12H2,1H3,(H2,20,21,22). The molecule has 1 atom stereocenters. The second-order valence-corrected chi connectivity index (χ2v) is 6.58. The monoisotopic (exact) mass is 363 g/mol. The third-order valence-electron chi connectivity index (χ3n) is 4.39. The molecule has 0 radical (unpaired) electrons. The maximum Gasteiger partial charge on any atom is 0.401 e. The number of carbonyl (C=O) groups is 1. The molecule has 2 aliphatic rings. The lowest BCUT2D eigenvalue weighted by molar-refractivity contribution is -0.143. The van der Waals surface area contributed by atoms with E-state index in [0.717, 1.165) is 19.4 Å². The van der Waals surface area contributed by atoms with Crippen LogP contribution in [0.1, 0.15) is 32.6 Å². The van der Waals surface area contributed by atoms with Gasteiger partial charge in [-0.2, -0.15) is 13.2 Å². The minimum Gasteiger partial charge on any atom is -0.357 e. The molecule has 2 saturated heterocycles. The molecule has 0 saturated carbocycles. The predicted molar refractivity (Wildman–Crippen MR) is 90.4 cm³/mol. The van der Waals surface area contributed by atoms with Crippen LogP contribution in [0.25, 0.3) is 0 Å². The van der Waals surface area contributed by atoms with Crippen LogP contribution < -0.4 is 10.6 Å². The Morgan fingerprint density at radius 1 is 1.36 bits per heavy atom. The first-order valence-electron chi connectivity index (χ1n) is 8.99. The zero-order valence-electron chi connectivity index (χ0n) is 14.7. The molecule has 0 aromatic rings. The summed E-state index contributed by atoms with van der Waals surface area (Å²) in [5.41, 5.74) is 0. The lowest BCUT2D eigenvalue weighted by atomic mass is 10.3. The number of carbonyl (C=O) groups excluding carboxylic acids is 1. The Morgan fingerprint density at radius 3 is 2.80 bits per heavy atom. The number of alkyl halides is 3. The number of aliphatic imine (C=N–C) groups is 1. The summed E-state index contributed by atoms with van der Waals surface area (Å²) in [6.45, 7) is 4.71. The number of likely N-dealkylation sites (tertiary alicyclic amines) is 2. The van der Waals surface area contributed by atoms with Crippen molar-refractivity contribution < 1.29 is 18.0 Å². The van der Waals surface area contributed by atoms with Crippen molar-refractivity contribution in [1.29, 1.82) is 0 Å². The summed E-state index contributed by atoms with van der Waals surface area (Å²) in [7, 11) is 0. The molecule has 144 valence electrons. The predicted octanol–water partition coefficient (Wildman–Crippen LogP) is 1.19. The van der Waals surface area contributed by atoms with E-state index in [1.54, 1.807) is 0 Å². The maximum atomic E-state index is 12.5. The van der Waals surface area contributed by atoms with E-state index in [2.05, 4.69) is 15.6 Å². The molecule has 0 spiro atoms. The van der Waals surface area contributed by atoms with E-state index >= 15 is 0 Å². The van der Waals surface area contributed by atoms with E-state index in [0.29, 0.717) is 51.5 Å². The third-order valence-corrected chi connectivity index (χ3v) is 4.39. The van der Waals surface area contributed by atoms with E-state index in [1.165, 1.54) is 4.90 Å². The van der Waals surface area contributed by atoms with Crippen molar-refractivity contribution in [2.24, 2.45) is 4.99 Å². The molecule has 0 aliphatic carbocycles. The number of nitrogens with one attached hydrogen (secondary N) is 2. The fraction of sp³-hybridized carbons (Fsp3) is 0.875. The number of halogens is 3. The molecule has 0 bridgehead atoms. The van der Waals surface area contributed by atoms with E-state index in [9.17, 15) is 18.0 Å². The van der Waals surface area contributed by atoms with Gasteiger partial charge in [-0.1, -0.05) is 0 Å². The van der Waals surface area contributed by atoms with Gasteiger partial charge in [-0.3, -0.25) is 14.7 Å². The van der Waals surface area contributed by atoms with Crippen LogP contribution in [0.15, 0.2) is 4.99 Å². The van der Waals surface area contributed by atoms with Gasteiger partial charge in [-0.05, 0) is 26.2 Å². The van der Waals surface area contributed by atoms with Crippen molar-refractivity contribution in [3.8, 4) is 0 Å². The first-order valence-corrected chi connectivity index (χ1v) is 8.99. The van der Waals surface area contributed by atoms with Crippen molar-refractivity contribution in [1.82, 2.24) is 20.4 Å². The van der Waals surface area contributed by atoms with E-state index < -0.39 is 12.7 Å². The Labute approximate surface area is 146 Å². The molecule has 0 aromatic carbocycles. The summed E-state index contributed by atoms with van der Waals surface area (Å²) < 4.78 is 37.4. The smallest absolute Gasteiger partial charge is 0.357 e. The summed E-state index contributed by atoms with van der Waals surface area (Å²) in [5, 5.41) is 6.35. The fourth-order valence-corrected chi connectivity index (χ4v) is 3.25. The average molecular weight is 363 g/mol. The molecule has 0 aromatic heterocycles. The van der Waals surface area contributed by atoms with Crippen LogP contribution in [0.3, 0.4) is 0 Å². The Hall–Kier alpha value is -1.51. The molecular weight excluding hydrogens is 335 g/mol. The van der Waals surface area contributed by atoms with E-state index in [4.69, 9.17) is 0 Å². The van der Waals surface area contributed by atoms with Gasteiger partial charge in [0, 0.05) is 51.7 Å². The van der Waals surface area contributed by atoms with Gasteiger partial charge in [0.05, 0.1) is 6.54 Å².